The average Bonchev–Trinajstić information content (AvgIpc) is 2.61. The standard InChI is InChI=1S/C19H33NO4/c1-3-4-5-6-9-13-23-16-17(21)15-20-12-14-24-19-11-8-7-10-18(19)22-2/h7-8,10-11,17,20-21H,3-6,9,12-16H2,1-2H3/t17-/m0/s1. The maximum Gasteiger partial charge on any atom is 0.161 e. The van der Waals surface area contributed by atoms with E-state index in [4.69, 9.17) is 14.2 Å². The van der Waals surface area contributed by atoms with Crippen molar-refractivity contribution in [1.82, 2.24) is 5.32 Å². The Morgan fingerprint density at radius 2 is 1.79 bits per heavy atom. The summed E-state index contributed by atoms with van der Waals surface area (Å²) in [7, 11) is 1.63. The lowest BCUT2D eigenvalue weighted by Crippen LogP contribution is -2.33. The molecule has 1 atom stereocenters. The molecule has 0 spiro atoms. The molecule has 0 saturated carbocycles. The van der Waals surface area contributed by atoms with Crippen molar-refractivity contribution < 1.29 is 19.3 Å². The first kappa shape index (κ1) is 20.7. The van der Waals surface area contributed by atoms with Crippen LogP contribution in [0.2, 0.25) is 0 Å². The van der Waals surface area contributed by atoms with E-state index in [2.05, 4.69) is 12.2 Å². The predicted octanol–water partition coefficient (Wildman–Crippen LogP) is 3.01. The van der Waals surface area contributed by atoms with E-state index in [1.54, 1.807) is 7.11 Å². The molecule has 138 valence electrons. The molecule has 5 heteroatoms. The van der Waals surface area contributed by atoms with Gasteiger partial charge in [0.15, 0.2) is 11.5 Å². The lowest BCUT2D eigenvalue weighted by molar-refractivity contribution is 0.0351. The van der Waals surface area contributed by atoms with Crippen LogP contribution in [-0.2, 0) is 4.74 Å². The van der Waals surface area contributed by atoms with E-state index in [0.717, 1.165) is 24.5 Å². The fraction of sp³-hybridized carbons (Fsp3) is 0.684. The summed E-state index contributed by atoms with van der Waals surface area (Å²) in [6.07, 6.45) is 5.63. The molecule has 1 rings (SSSR count). The van der Waals surface area contributed by atoms with Crippen molar-refractivity contribution in [1.29, 1.82) is 0 Å². The van der Waals surface area contributed by atoms with Gasteiger partial charge in [-0.1, -0.05) is 44.7 Å². The molecule has 0 amide bonds. The molecular formula is C19H33NO4. The highest BCUT2D eigenvalue weighted by atomic mass is 16.5. The van der Waals surface area contributed by atoms with Crippen LogP contribution in [0.3, 0.4) is 0 Å². The number of hydrogen-bond acceptors (Lipinski definition) is 5. The number of para-hydroxylation sites is 2. The van der Waals surface area contributed by atoms with Gasteiger partial charge in [-0.25, -0.2) is 0 Å². The van der Waals surface area contributed by atoms with Crippen LogP contribution in [0, 0.1) is 0 Å². The molecule has 0 fully saturated rings. The van der Waals surface area contributed by atoms with Gasteiger partial charge in [-0.3, -0.25) is 0 Å². The monoisotopic (exact) mass is 339 g/mol. The molecule has 2 N–H and O–H groups in total. The second-order valence-electron chi connectivity index (χ2n) is 5.85. The highest BCUT2D eigenvalue weighted by Gasteiger charge is 2.05. The van der Waals surface area contributed by atoms with Gasteiger partial charge in [-0.15, -0.1) is 0 Å². The number of methoxy groups -OCH3 is 1. The van der Waals surface area contributed by atoms with E-state index < -0.39 is 6.10 Å². The zero-order chi connectivity index (χ0) is 17.5. The minimum Gasteiger partial charge on any atom is -0.493 e. The van der Waals surface area contributed by atoms with Crippen LogP contribution in [0.1, 0.15) is 39.0 Å². The Balaban J connectivity index is 1.96. The first-order valence-corrected chi connectivity index (χ1v) is 9.00. The molecule has 0 aliphatic heterocycles. The maximum atomic E-state index is 9.84. The van der Waals surface area contributed by atoms with Gasteiger partial charge in [0, 0.05) is 19.7 Å². The van der Waals surface area contributed by atoms with Crippen LogP contribution in [0.25, 0.3) is 0 Å². The smallest absolute Gasteiger partial charge is 0.161 e. The lowest BCUT2D eigenvalue weighted by atomic mass is 10.2. The van der Waals surface area contributed by atoms with Crippen molar-refractivity contribution in [3.8, 4) is 11.5 Å². The van der Waals surface area contributed by atoms with Gasteiger partial charge in [0.2, 0.25) is 0 Å². The molecule has 0 aliphatic carbocycles. The van der Waals surface area contributed by atoms with E-state index >= 15 is 0 Å². The average molecular weight is 339 g/mol. The lowest BCUT2D eigenvalue weighted by Gasteiger charge is -2.13. The first-order chi connectivity index (χ1) is 11.8. The van der Waals surface area contributed by atoms with Crippen molar-refractivity contribution >= 4 is 0 Å². The van der Waals surface area contributed by atoms with E-state index in [0.29, 0.717) is 26.3 Å². The summed E-state index contributed by atoms with van der Waals surface area (Å²) < 4.78 is 16.4. The maximum absolute atomic E-state index is 9.84. The third-order valence-electron chi connectivity index (χ3n) is 3.69. The Bertz CT molecular complexity index is 414. The summed E-state index contributed by atoms with van der Waals surface area (Å²) in [5.41, 5.74) is 0. The van der Waals surface area contributed by atoms with Crippen molar-refractivity contribution in [3.05, 3.63) is 24.3 Å². The number of rotatable bonds is 15. The first-order valence-electron chi connectivity index (χ1n) is 9.00. The molecule has 0 saturated heterocycles. The second kappa shape index (κ2) is 14.1. The molecule has 0 unspecified atom stereocenters. The van der Waals surface area contributed by atoms with Crippen LogP contribution in [-0.4, -0.2) is 51.2 Å². The number of aliphatic hydroxyl groups is 1. The van der Waals surface area contributed by atoms with Gasteiger partial charge in [0.1, 0.15) is 6.61 Å². The third-order valence-corrected chi connectivity index (χ3v) is 3.69. The van der Waals surface area contributed by atoms with Crippen LogP contribution >= 0.6 is 0 Å². The van der Waals surface area contributed by atoms with Gasteiger partial charge in [0.05, 0.1) is 19.8 Å². The van der Waals surface area contributed by atoms with Crippen LogP contribution in [0.15, 0.2) is 24.3 Å². The van der Waals surface area contributed by atoms with Crippen LogP contribution < -0.4 is 14.8 Å². The fourth-order valence-corrected chi connectivity index (χ4v) is 2.33. The van der Waals surface area contributed by atoms with E-state index in [-0.39, 0.29) is 0 Å². The van der Waals surface area contributed by atoms with Gasteiger partial charge in [-0.2, -0.15) is 0 Å². The fourth-order valence-electron chi connectivity index (χ4n) is 2.33. The molecule has 24 heavy (non-hydrogen) atoms. The normalized spacial score (nSPS) is 12.1. The number of hydrogen-bond donors (Lipinski definition) is 2. The zero-order valence-corrected chi connectivity index (χ0v) is 15.1. The quantitative estimate of drug-likeness (QED) is 0.481. The Morgan fingerprint density at radius 3 is 2.54 bits per heavy atom. The molecule has 0 radical (unpaired) electrons. The summed E-state index contributed by atoms with van der Waals surface area (Å²) >= 11 is 0. The summed E-state index contributed by atoms with van der Waals surface area (Å²) in [5.74, 6) is 1.46. The van der Waals surface area contributed by atoms with E-state index in [1.165, 1.54) is 25.7 Å². The highest BCUT2D eigenvalue weighted by molar-refractivity contribution is 5.39. The molecule has 0 aromatic heterocycles. The summed E-state index contributed by atoms with van der Waals surface area (Å²) in [6.45, 7) is 5.01. The summed E-state index contributed by atoms with van der Waals surface area (Å²) in [4.78, 5) is 0. The van der Waals surface area contributed by atoms with Gasteiger partial charge < -0.3 is 24.6 Å². The van der Waals surface area contributed by atoms with Crippen molar-refractivity contribution in [2.24, 2.45) is 0 Å². The van der Waals surface area contributed by atoms with Gasteiger partial charge >= 0.3 is 0 Å². The van der Waals surface area contributed by atoms with E-state index in [1.807, 2.05) is 24.3 Å². The largest absolute Gasteiger partial charge is 0.493 e. The topological polar surface area (TPSA) is 60.0 Å². The van der Waals surface area contributed by atoms with Gasteiger partial charge in [-0.05, 0) is 18.6 Å². The molecule has 0 aliphatic rings. The summed E-state index contributed by atoms with van der Waals surface area (Å²) in [5, 5.41) is 13.0. The minimum absolute atomic E-state index is 0.383. The molecule has 1 aromatic rings. The van der Waals surface area contributed by atoms with Crippen molar-refractivity contribution in [2.75, 3.05) is 40.0 Å². The van der Waals surface area contributed by atoms with Crippen LogP contribution in [0.5, 0.6) is 11.5 Å². The zero-order valence-electron chi connectivity index (χ0n) is 15.1. The second-order valence-corrected chi connectivity index (χ2v) is 5.85. The Hall–Kier alpha value is -1.30. The predicted molar refractivity (Wildman–Crippen MR) is 96.9 cm³/mol. The van der Waals surface area contributed by atoms with Crippen LogP contribution in [0.4, 0.5) is 0 Å². The highest BCUT2D eigenvalue weighted by Crippen LogP contribution is 2.25. The Labute approximate surface area is 146 Å². The Morgan fingerprint density at radius 1 is 1.04 bits per heavy atom. The SMILES string of the molecule is CCCCCCCOC[C@@H](O)CNCCOc1ccccc1OC. The molecule has 0 bridgehead atoms. The number of aliphatic hydroxyl groups excluding tert-OH is 1. The number of benzene rings is 1. The van der Waals surface area contributed by atoms with Crippen molar-refractivity contribution in [3.63, 3.8) is 0 Å². The van der Waals surface area contributed by atoms with E-state index in [9.17, 15) is 5.11 Å². The van der Waals surface area contributed by atoms with Crippen molar-refractivity contribution in [2.45, 2.75) is 45.1 Å². The molecular weight excluding hydrogens is 306 g/mol. The number of unbranched alkanes of at least 4 members (excludes halogenated alkanes) is 4. The summed E-state index contributed by atoms with van der Waals surface area (Å²) in [6, 6.07) is 7.56. The number of ether oxygens (including phenoxy) is 3. The minimum atomic E-state index is -0.480. The Kier molecular flexibility index (Phi) is 12.2. The molecule has 0 heterocycles. The van der Waals surface area contributed by atoms with Gasteiger partial charge in [0.25, 0.3) is 0 Å². The third kappa shape index (κ3) is 9.75. The molecule has 5 nitrogen and oxygen atoms in total. The molecule has 1 aromatic carbocycles. The number of nitrogens with one attached hydrogen (secondary N) is 1.